The van der Waals surface area contributed by atoms with Gasteiger partial charge >= 0.3 is 0 Å². The Bertz CT molecular complexity index is 248. The summed E-state index contributed by atoms with van der Waals surface area (Å²) in [4.78, 5) is 0. The standard InChI is InChI=1S/C16H32N2/c1-14(2)10-16(6-4-5-7-16)13-18-12-15(3)8-9-17-11-15/h14,17-18H,4-13H2,1-3H3. The highest BCUT2D eigenvalue weighted by atomic mass is 15.0. The van der Waals surface area contributed by atoms with Crippen LogP contribution in [-0.4, -0.2) is 26.2 Å². The van der Waals surface area contributed by atoms with E-state index in [0.717, 1.165) is 5.92 Å². The zero-order valence-corrected chi connectivity index (χ0v) is 12.6. The van der Waals surface area contributed by atoms with Gasteiger partial charge in [0.2, 0.25) is 0 Å². The summed E-state index contributed by atoms with van der Waals surface area (Å²) in [6, 6.07) is 0. The zero-order chi connectivity index (χ0) is 13.1. The second kappa shape index (κ2) is 5.92. The molecule has 2 fully saturated rings. The molecule has 1 aliphatic carbocycles. The number of nitrogens with one attached hydrogen (secondary N) is 2. The highest BCUT2D eigenvalue weighted by Crippen LogP contribution is 2.42. The first-order valence-electron chi connectivity index (χ1n) is 7.95. The van der Waals surface area contributed by atoms with Crippen LogP contribution in [0.3, 0.4) is 0 Å². The first kappa shape index (κ1) is 14.3. The maximum Gasteiger partial charge on any atom is 0.00180 e. The van der Waals surface area contributed by atoms with E-state index in [0.29, 0.717) is 10.8 Å². The van der Waals surface area contributed by atoms with Crippen LogP contribution in [0.2, 0.25) is 0 Å². The molecule has 106 valence electrons. The summed E-state index contributed by atoms with van der Waals surface area (Å²) in [5.41, 5.74) is 1.12. The molecule has 2 N–H and O–H groups in total. The second-order valence-electron chi connectivity index (χ2n) is 7.65. The minimum atomic E-state index is 0.498. The van der Waals surface area contributed by atoms with Crippen LogP contribution < -0.4 is 10.6 Å². The van der Waals surface area contributed by atoms with E-state index in [1.54, 1.807) is 0 Å². The molecule has 2 rings (SSSR count). The summed E-state index contributed by atoms with van der Waals surface area (Å²) < 4.78 is 0. The van der Waals surface area contributed by atoms with Crippen LogP contribution in [0.25, 0.3) is 0 Å². The van der Waals surface area contributed by atoms with E-state index in [4.69, 9.17) is 0 Å². The molecule has 1 saturated carbocycles. The Balaban J connectivity index is 1.79. The van der Waals surface area contributed by atoms with Crippen LogP contribution in [0.1, 0.15) is 59.3 Å². The van der Waals surface area contributed by atoms with E-state index in [1.165, 1.54) is 64.7 Å². The zero-order valence-electron chi connectivity index (χ0n) is 12.6. The Labute approximate surface area is 113 Å². The summed E-state index contributed by atoms with van der Waals surface area (Å²) in [5.74, 6) is 0.841. The van der Waals surface area contributed by atoms with E-state index >= 15 is 0 Å². The number of hydrogen-bond acceptors (Lipinski definition) is 2. The lowest BCUT2D eigenvalue weighted by Crippen LogP contribution is -2.40. The first-order chi connectivity index (χ1) is 8.54. The van der Waals surface area contributed by atoms with Crippen LogP contribution in [-0.2, 0) is 0 Å². The predicted molar refractivity (Wildman–Crippen MR) is 78.8 cm³/mol. The summed E-state index contributed by atoms with van der Waals surface area (Å²) in [6.45, 7) is 12.0. The van der Waals surface area contributed by atoms with Gasteiger partial charge in [-0.2, -0.15) is 0 Å². The molecule has 18 heavy (non-hydrogen) atoms. The molecule has 1 atom stereocenters. The smallest absolute Gasteiger partial charge is 0.00180 e. The first-order valence-corrected chi connectivity index (χ1v) is 7.95. The maximum absolute atomic E-state index is 3.82. The lowest BCUT2D eigenvalue weighted by molar-refractivity contribution is 0.209. The van der Waals surface area contributed by atoms with Gasteiger partial charge in [-0.15, -0.1) is 0 Å². The van der Waals surface area contributed by atoms with Crippen molar-refractivity contribution in [2.75, 3.05) is 26.2 Å². The van der Waals surface area contributed by atoms with Crippen molar-refractivity contribution in [1.29, 1.82) is 0 Å². The van der Waals surface area contributed by atoms with Gasteiger partial charge in [-0.05, 0) is 49.0 Å². The van der Waals surface area contributed by atoms with Crippen molar-refractivity contribution >= 4 is 0 Å². The SMILES string of the molecule is CC(C)CC1(CNCC2(C)CCNC2)CCCC1. The highest BCUT2D eigenvalue weighted by molar-refractivity contribution is 4.90. The van der Waals surface area contributed by atoms with Crippen LogP contribution in [0.5, 0.6) is 0 Å². The van der Waals surface area contributed by atoms with Crippen LogP contribution >= 0.6 is 0 Å². The third kappa shape index (κ3) is 3.71. The van der Waals surface area contributed by atoms with E-state index < -0.39 is 0 Å². The second-order valence-corrected chi connectivity index (χ2v) is 7.65. The van der Waals surface area contributed by atoms with Crippen molar-refractivity contribution < 1.29 is 0 Å². The van der Waals surface area contributed by atoms with Crippen molar-refractivity contribution in [2.45, 2.75) is 59.3 Å². The number of hydrogen-bond donors (Lipinski definition) is 2. The van der Waals surface area contributed by atoms with E-state index in [-0.39, 0.29) is 0 Å². The molecule has 0 bridgehead atoms. The van der Waals surface area contributed by atoms with Crippen LogP contribution in [0.4, 0.5) is 0 Å². The molecule has 1 saturated heterocycles. The predicted octanol–water partition coefficient (Wildman–Crippen LogP) is 3.18. The average molecular weight is 252 g/mol. The molecule has 2 nitrogen and oxygen atoms in total. The molecule has 0 aromatic rings. The Morgan fingerprint density at radius 2 is 1.83 bits per heavy atom. The van der Waals surface area contributed by atoms with E-state index in [9.17, 15) is 0 Å². The average Bonchev–Trinajstić information content (AvgIpc) is 2.88. The van der Waals surface area contributed by atoms with Gasteiger partial charge in [-0.1, -0.05) is 33.6 Å². The largest absolute Gasteiger partial charge is 0.316 e. The molecule has 2 aliphatic rings. The molecule has 0 radical (unpaired) electrons. The Morgan fingerprint density at radius 3 is 2.39 bits per heavy atom. The fourth-order valence-electron chi connectivity index (χ4n) is 4.09. The van der Waals surface area contributed by atoms with Gasteiger partial charge in [0, 0.05) is 19.6 Å². The van der Waals surface area contributed by atoms with E-state index in [1.807, 2.05) is 0 Å². The quantitative estimate of drug-likeness (QED) is 0.758. The fraction of sp³-hybridized carbons (Fsp3) is 1.00. The normalized spacial score (nSPS) is 31.3. The van der Waals surface area contributed by atoms with Crippen molar-refractivity contribution in [3.63, 3.8) is 0 Å². The van der Waals surface area contributed by atoms with Crippen molar-refractivity contribution in [3.8, 4) is 0 Å². The Hall–Kier alpha value is -0.0800. The van der Waals surface area contributed by atoms with E-state index in [2.05, 4.69) is 31.4 Å². The van der Waals surface area contributed by atoms with Gasteiger partial charge in [-0.25, -0.2) is 0 Å². The molecule has 2 heteroatoms. The summed E-state index contributed by atoms with van der Waals surface area (Å²) in [6.07, 6.45) is 8.55. The molecule has 1 heterocycles. The summed E-state index contributed by atoms with van der Waals surface area (Å²) in [7, 11) is 0. The lowest BCUT2D eigenvalue weighted by Gasteiger charge is -2.33. The summed E-state index contributed by atoms with van der Waals surface area (Å²) in [5, 5.41) is 7.31. The molecule has 1 aliphatic heterocycles. The highest BCUT2D eigenvalue weighted by Gasteiger charge is 2.35. The fourth-order valence-corrected chi connectivity index (χ4v) is 4.09. The molecule has 0 amide bonds. The lowest BCUT2D eigenvalue weighted by atomic mass is 9.78. The Morgan fingerprint density at radius 1 is 1.11 bits per heavy atom. The third-order valence-electron chi connectivity index (χ3n) is 5.01. The van der Waals surface area contributed by atoms with Crippen molar-refractivity contribution in [2.24, 2.45) is 16.7 Å². The molecule has 0 aromatic carbocycles. The minimum absolute atomic E-state index is 0.498. The summed E-state index contributed by atoms with van der Waals surface area (Å²) >= 11 is 0. The van der Waals surface area contributed by atoms with Gasteiger partial charge < -0.3 is 10.6 Å². The van der Waals surface area contributed by atoms with Gasteiger partial charge in [0.1, 0.15) is 0 Å². The van der Waals surface area contributed by atoms with Crippen LogP contribution in [0, 0.1) is 16.7 Å². The Kier molecular flexibility index (Phi) is 4.71. The number of rotatable bonds is 6. The van der Waals surface area contributed by atoms with Crippen molar-refractivity contribution in [1.82, 2.24) is 10.6 Å². The monoisotopic (exact) mass is 252 g/mol. The minimum Gasteiger partial charge on any atom is -0.316 e. The third-order valence-corrected chi connectivity index (χ3v) is 5.01. The van der Waals surface area contributed by atoms with Gasteiger partial charge in [0.15, 0.2) is 0 Å². The maximum atomic E-state index is 3.82. The molecular weight excluding hydrogens is 220 g/mol. The van der Waals surface area contributed by atoms with Gasteiger partial charge in [0.05, 0.1) is 0 Å². The molecule has 1 unspecified atom stereocenters. The van der Waals surface area contributed by atoms with Gasteiger partial charge in [-0.3, -0.25) is 0 Å². The topological polar surface area (TPSA) is 24.1 Å². The molecule has 0 spiro atoms. The van der Waals surface area contributed by atoms with Crippen LogP contribution in [0.15, 0.2) is 0 Å². The molecule has 0 aromatic heterocycles. The van der Waals surface area contributed by atoms with Gasteiger partial charge in [0.25, 0.3) is 0 Å². The molecular formula is C16H32N2. The van der Waals surface area contributed by atoms with Crippen molar-refractivity contribution in [3.05, 3.63) is 0 Å².